The monoisotopic (exact) mass is 344 g/mol. The van der Waals surface area contributed by atoms with Gasteiger partial charge in [0.1, 0.15) is 0 Å². The van der Waals surface area contributed by atoms with Gasteiger partial charge < -0.3 is 5.32 Å². The lowest BCUT2D eigenvalue weighted by Gasteiger charge is -2.31. The van der Waals surface area contributed by atoms with Crippen LogP contribution in [0.25, 0.3) is 0 Å². The maximum atomic E-state index is 12.5. The second-order valence-corrected chi connectivity index (χ2v) is 7.88. The molecule has 1 fully saturated rings. The third-order valence-electron chi connectivity index (χ3n) is 3.74. The Morgan fingerprint density at radius 3 is 2.91 bits per heavy atom. The van der Waals surface area contributed by atoms with Gasteiger partial charge in [-0.25, -0.2) is 12.7 Å². The van der Waals surface area contributed by atoms with Crippen LogP contribution in [0.5, 0.6) is 0 Å². The maximum absolute atomic E-state index is 12.5. The summed E-state index contributed by atoms with van der Waals surface area (Å²) >= 11 is 5.90. The Kier molecular flexibility index (Phi) is 5.83. The molecule has 1 heterocycles. The van der Waals surface area contributed by atoms with Crippen molar-refractivity contribution in [3.63, 3.8) is 0 Å². The van der Waals surface area contributed by atoms with Crippen LogP contribution in [0, 0.1) is 5.92 Å². The summed E-state index contributed by atoms with van der Waals surface area (Å²) in [7, 11) is -3.44. The van der Waals surface area contributed by atoms with Crippen LogP contribution in [-0.4, -0.2) is 38.3 Å². The highest BCUT2D eigenvalue weighted by Gasteiger charge is 2.32. The number of carbonyl (C=O) groups is 1. The Bertz CT molecular complexity index is 633. The average Bonchev–Trinajstić information content (AvgIpc) is 2.47. The van der Waals surface area contributed by atoms with Crippen LogP contribution >= 0.6 is 11.6 Å². The molecule has 0 unspecified atom stereocenters. The molecule has 0 radical (unpaired) electrons. The van der Waals surface area contributed by atoms with Crippen molar-refractivity contribution < 1.29 is 13.2 Å². The van der Waals surface area contributed by atoms with E-state index in [1.165, 1.54) is 4.31 Å². The fourth-order valence-electron chi connectivity index (χ4n) is 2.66. The van der Waals surface area contributed by atoms with E-state index in [9.17, 15) is 13.2 Å². The number of sulfonamides is 1. The normalized spacial score (nSPS) is 19.8. The minimum atomic E-state index is -3.44. The van der Waals surface area contributed by atoms with Gasteiger partial charge in [-0.2, -0.15) is 0 Å². The van der Waals surface area contributed by atoms with E-state index in [1.54, 1.807) is 24.3 Å². The molecule has 0 aliphatic carbocycles. The number of piperidine rings is 1. The smallest absolute Gasteiger partial charge is 0.224 e. The molecule has 0 saturated carbocycles. The lowest BCUT2D eigenvalue weighted by molar-refractivity contribution is -0.125. The van der Waals surface area contributed by atoms with Crippen LogP contribution in [0.2, 0.25) is 5.02 Å². The highest BCUT2D eigenvalue weighted by atomic mass is 35.5. The molecule has 1 N–H and O–H groups in total. The van der Waals surface area contributed by atoms with Crippen LogP contribution in [-0.2, 0) is 20.6 Å². The summed E-state index contributed by atoms with van der Waals surface area (Å²) in [5, 5.41) is 3.29. The van der Waals surface area contributed by atoms with E-state index in [-0.39, 0.29) is 24.1 Å². The van der Waals surface area contributed by atoms with E-state index in [0.717, 1.165) is 6.42 Å². The van der Waals surface area contributed by atoms with Gasteiger partial charge in [0, 0.05) is 24.7 Å². The molecule has 22 heavy (non-hydrogen) atoms. The predicted molar refractivity (Wildman–Crippen MR) is 87.1 cm³/mol. The van der Waals surface area contributed by atoms with Crippen LogP contribution in [0.4, 0.5) is 0 Å². The van der Waals surface area contributed by atoms with Crippen LogP contribution in [0.1, 0.15) is 25.3 Å². The molecule has 1 saturated heterocycles. The van der Waals surface area contributed by atoms with Crippen molar-refractivity contribution in [1.82, 2.24) is 9.62 Å². The minimum Gasteiger partial charge on any atom is -0.356 e. The molecular weight excluding hydrogens is 324 g/mol. The van der Waals surface area contributed by atoms with E-state index in [2.05, 4.69) is 5.32 Å². The number of nitrogens with zero attached hydrogens (tertiary/aromatic N) is 1. The molecule has 1 aromatic rings. The molecule has 1 aliphatic rings. The highest BCUT2D eigenvalue weighted by Crippen LogP contribution is 2.22. The van der Waals surface area contributed by atoms with Crippen LogP contribution in [0.3, 0.4) is 0 Å². The lowest BCUT2D eigenvalue weighted by Crippen LogP contribution is -2.45. The first kappa shape index (κ1) is 17.2. The number of hydrogen-bond donors (Lipinski definition) is 1. The van der Waals surface area contributed by atoms with Crippen molar-refractivity contribution in [3.05, 3.63) is 34.9 Å². The zero-order valence-electron chi connectivity index (χ0n) is 12.6. The molecule has 1 atom stereocenters. The SMILES string of the molecule is CCNC(=O)[C@H]1CCCN(S(=O)(=O)Cc2cccc(Cl)c2)C1. The molecule has 5 nitrogen and oxygen atoms in total. The van der Waals surface area contributed by atoms with Crippen LogP contribution < -0.4 is 5.32 Å². The molecule has 122 valence electrons. The summed E-state index contributed by atoms with van der Waals surface area (Å²) in [6.45, 7) is 3.15. The molecular formula is C15H21ClN2O3S. The Balaban J connectivity index is 2.07. The van der Waals surface area contributed by atoms with Gasteiger partial charge in [0.15, 0.2) is 0 Å². The van der Waals surface area contributed by atoms with Crippen molar-refractivity contribution in [2.75, 3.05) is 19.6 Å². The topological polar surface area (TPSA) is 66.5 Å². The van der Waals surface area contributed by atoms with E-state index < -0.39 is 10.0 Å². The summed E-state index contributed by atoms with van der Waals surface area (Å²) in [6.07, 6.45) is 1.44. The third kappa shape index (κ3) is 4.44. The first-order chi connectivity index (χ1) is 10.4. The molecule has 2 rings (SSSR count). The van der Waals surface area contributed by atoms with Gasteiger partial charge in [-0.15, -0.1) is 0 Å². The quantitative estimate of drug-likeness (QED) is 0.888. The predicted octanol–water partition coefficient (Wildman–Crippen LogP) is 2.02. The zero-order chi connectivity index (χ0) is 16.2. The molecule has 1 amide bonds. The van der Waals surface area contributed by atoms with Gasteiger partial charge in [0.05, 0.1) is 11.7 Å². The third-order valence-corrected chi connectivity index (χ3v) is 5.79. The Hall–Kier alpha value is -1.11. The number of amides is 1. The zero-order valence-corrected chi connectivity index (χ0v) is 14.2. The van der Waals surface area contributed by atoms with Gasteiger partial charge in [-0.1, -0.05) is 23.7 Å². The fourth-order valence-corrected chi connectivity index (χ4v) is 4.47. The first-order valence-electron chi connectivity index (χ1n) is 7.42. The van der Waals surface area contributed by atoms with Crippen molar-refractivity contribution >= 4 is 27.5 Å². The maximum Gasteiger partial charge on any atom is 0.224 e. The first-order valence-corrected chi connectivity index (χ1v) is 9.41. The molecule has 7 heteroatoms. The number of rotatable bonds is 5. The summed E-state index contributed by atoms with van der Waals surface area (Å²) < 4.78 is 26.5. The van der Waals surface area contributed by atoms with Crippen molar-refractivity contribution in [2.24, 2.45) is 5.92 Å². The number of nitrogens with one attached hydrogen (secondary N) is 1. The van der Waals surface area contributed by atoms with Gasteiger partial charge in [0.25, 0.3) is 0 Å². The molecule has 1 aliphatic heterocycles. The molecule has 0 bridgehead atoms. The Labute approximate surface area is 136 Å². The van der Waals surface area contributed by atoms with E-state index in [1.807, 2.05) is 6.92 Å². The average molecular weight is 345 g/mol. The number of benzene rings is 1. The lowest BCUT2D eigenvalue weighted by atomic mass is 9.99. The summed E-state index contributed by atoms with van der Waals surface area (Å²) in [5.74, 6) is -0.414. The minimum absolute atomic E-state index is 0.0647. The van der Waals surface area contributed by atoms with Gasteiger partial charge in [0.2, 0.25) is 15.9 Å². The van der Waals surface area contributed by atoms with Gasteiger partial charge >= 0.3 is 0 Å². The van der Waals surface area contributed by atoms with Crippen molar-refractivity contribution in [3.8, 4) is 0 Å². The Morgan fingerprint density at radius 2 is 2.23 bits per heavy atom. The summed E-state index contributed by atoms with van der Waals surface area (Å²) in [4.78, 5) is 11.9. The standard InChI is InChI=1S/C15H21ClN2O3S/c1-2-17-15(19)13-6-4-8-18(10-13)22(20,21)11-12-5-3-7-14(16)9-12/h3,5,7,9,13H,2,4,6,8,10-11H2,1H3,(H,17,19)/t13-/m0/s1. The molecule has 1 aromatic carbocycles. The highest BCUT2D eigenvalue weighted by molar-refractivity contribution is 7.88. The van der Waals surface area contributed by atoms with E-state index in [0.29, 0.717) is 30.1 Å². The van der Waals surface area contributed by atoms with Crippen molar-refractivity contribution in [1.29, 1.82) is 0 Å². The Morgan fingerprint density at radius 1 is 1.45 bits per heavy atom. The summed E-state index contributed by atoms with van der Waals surface area (Å²) in [6, 6.07) is 6.85. The van der Waals surface area contributed by atoms with Crippen LogP contribution in [0.15, 0.2) is 24.3 Å². The number of halogens is 1. The molecule has 0 aromatic heterocycles. The summed E-state index contributed by atoms with van der Waals surface area (Å²) in [5.41, 5.74) is 0.660. The largest absolute Gasteiger partial charge is 0.356 e. The van der Waals surface area contributed by atoms with E-state index in [4.69, 9.17) is 11.6 Å². The van der Waals surface area contributed by atoms with E-state index >= 15 is 0 Å². The number of hydrogen-bond acceptors (Lipinski definition) is 3. The number of carbonyl (C=O) groups excluding carboxylic acids is 1. The van der Waals surface area contributed by atoms with Crippen molar-refractivity contribution in [2.45, 2.75) is 25.5 Å². The second kappa shape index (κ2) is 7.44. The second-order valence-electron chi connectivity index (χ2n) is 5.48. The van der Waals surface area contributed by atoms with Gasteiger partial charge in [-0.05, 0) is 37.5 Å². The van der Waals surface area contributed by atoms with Gasteiger partial charge in [-0.3, -0.25) is 4.79 Å². The molecule has 0 spiro atoms. The fraction of sp³-hybridized carbons (Fsp3) is 0.533.